The molecule has 88 valence electrons. The molecule has 1 saturated carbocycles. The van der Waals surface area contributed by atoms with Crippen molar-refractivity contribution in [2.45, 2.75) is 38.5 Å². The number of hydrogen-bond donors (Lipinski definition) is 1. The minimum absolute atomic E-state index is 0.231. The van der Waals surface area contributed by atoms with Gasteiger partial charge in [0, 0.05) is 0 Å². The SMILES string of the molecule is COc1cc(CC2CCCCC2)ccc1O. The lowest BCUT2D eigenvalue weighted by atomic mass is 9.85. The molecule has 0 aromatic heterocycles. The Labute approximate surface area is 97.3 Å². The summed E-state index contributed by atoms with van der Waals surface area (Å²) >= 11 is 0. The van der Waals surface area contributed by atoms with E-state index in [1.165, 1.54) is 37.7 Å². The van der Waals surface area contributed by atoms with Gasteiger partial charge in [-0.2, -0.15) is 0 Å². The third kappa shape index (κ3) is 2.69. The van der Waals surface area contributed by atoms with Crippen LogP contribution < -0.4 is 4.74 Å². The quantitative estimate of drug-likeness (QED) is 0.844. The van der Waals surface area contributed by atoms with Crippen LogP contribution in [-0.4, -0.2) is 12.2 Å². The van der Waals surface area contributed by atoms with Gasteiger partial charge in [0.2, 0.25) is 0 Å². The van der Waals surface area contributed by atoms with Crippen LogP contribution in [0.2, 0.25) is 0 Å². The van der Waals surface area contributed by atoms with Crippen LogP contribution in [0.5, 0.6) is 11.5 Å². The first kappa shape index (κ1) is 11.3. The van der Waals surface area contributed by atoms with Gasteiger partial charge in [0.05, 0.1) is 7.11 Å². The summed E-state index contributed by atoms with van der Waals surface area (Å²) < 4.78 is 5.12. The average Bonchev–Trinajstić information content (AvgIpc) is 2.33. The molecule has 0 unspecified atom stereocenters. The van der Waals surface area contributed by atoms with Gasteiger partial charge in [0.15, 0.2) is 11.5 Å². The normalized spacial score (nSPS) is 17.3. The molecule has 1 aromatic rings. The van der Waals surface area contributed by atoms with Crippen molar-refractivity contribution < 1.29 is 9.84 Å². The first-order valence-electron chi connectivity index (χ1n) is 6.15. The maximum atomic E-state index is 9.52. The second kappa shape index (κ2) is 5.24. The van der Waals surface area contributed by atoms with E-state index in [9.17, 15) is 5.11 Å². The first-order chi connectivity index (χ1) is 7.79. The van der Waals surface area contributed by atoms with E-state index < -0.39 is 0 Å². The lowest BCUT2D eigenvalue weighted by molar-refractivity contribution is 0.353. The molecule has 0 aliphatic heterocycles. The summed E-state index contributed by atoms with van der Waals surface area (Å²) in [5, 5.41) is 9.52. The molecule has 0 atom stereocenters. The molecule has 1 aliphatic rings. The van der Waals surface area contributed by atoms with Crippen LogP contribution in [0.3, 0.4) is 0 Å². The van der Waals surface area contributed by atoms with E-state index in [0.29, 0.717) is 5.75 Å². The maximum absolute atomic E-state index is 9.52. The van der Waals surface area contributed by atoms with Crippen LogP contribution in [-0.2, 0) is 6.42 Å². The Morgan fingerprint density at radius 2 is 2.00 bits per heavy atom. The van der Waals surface area contributed by atoms with Crippen molar-refractivity contribution in [3.63, 3.8) is 0 Å². The zero-order chi connectivity index (χ0) is 11.4. The van der Waals surface area contributed by atoms with E-state index >= 15 is 0 Å². The van der Waals surface area contributed by atoms with Crippen LogP contribution in [0.4, 0.5) is 0 Å². The van der Waals surface area contributed by atoms with Crippen LogP contribution >= 0.6 is 0 Å². The summed E-state index contributed by atoms with van der Waals surface area (Å²) in [4.78, 5) is 0. The fourth-order valence-electron chi connectivity index (χ4n) is 2.57. The zero-order valence-corrected chi connectivity index (χ0v) is 9.91. The summed E-state index contributed by atoms with van der Waals surface area (Å²) in [5.74, 6) is 1.64. The van der Waals surface area contributed by atoms with Crippen molar-refractivity contribution in [1.29, 1.82) is 0 Å². The van der Waals surface area contributed by atoms with Gasteiger partial charge in [-0.15, -0.1) is 0 Å². The molecule has 0 radical (unpaired) electrons. The predicted octanol–water partition coefficient (Wildman–Crippen LogP) is 3.52. The van der Waals surface area contributed by atoms with Gasteiger partial charge in [-0.25, -0.2) is 0 Å². The number of ether oxygens (including phenoxy) is 1. The third-order valence-corrected chi connectivity index (χ3v) is 3.49. The highest BCUT2D eigenvalue weighted by atomic mass is 16.5. The molecule has 0 spiro atoms. The van der Waals surface area contributed by atoms with Gasteiger partial charge in [-0.3, -0.25) is 0 Å². The van der Waals surface area contributed by atoms with E-state index in [1.54, 1.807) is 13.2 Å². The van der Waals surface area contributed by atoms with E-state index in [1.807, 2.05) is 12.1 Å². The Kier molecular flexibility index (Phi) is 3.70. The molecule has 1 aromatic carbocycles. The fraction of sp³-hybridized carbons (Fsp3) is 0.571. The molecule has 2 heteroatoms. The van der Waals surface area contributed by atoms with E-state index in [0.717, 1.165) is 12.3 Å². The first-order valence-corrected chi connectivity index (χ1v) is 6.15. The highest BCUT2D eigenvalue weighted by Gasteiger charge is 2.14. The number of hydrogen-bond acceptors (Lipinski definition) is 2. The van der Waals surface area contributed by atoms with Crippen molar-refractivity contribution in [3.8, 4) is 11.5 Å². The van der Waals surface area contributed by atoms with Crippen LogP contribution in [0.15, 0.2) is 18.2 Å². The van der Waals surface area contributed by atoms with Crippen LogP contribution in [0, 0.1) is 5.92 Å². The molecule has 0 heterocycles. The highest BCUT2D eigenvalue weighted by Crippen LogP contribution is 2.31. The smallest absolute Gasteiger partial charge is 0.160 e. The monoisotopic (exact) mass is 220 g/mol. The zero-order valence-electron chi connectivity index (χ0n) is 9.91. The summed E-state index contributed by atoms with van der Waals surface area (Å²) in [6.45, 7) is 0. The van der Waals surface area contributed by atoms with Gasteiger partial charge in [-0.05, 0) is 30.0 Å². The fourth-order valence-corrected chi connectivity index (χ4v) is 2.57. The standard InChI is InChI=1S/C14H20O2/c1-16-14-10-12(7-8-13(14)15)9-11-5-3-2-4-6-11/h7-8,10-11,15H,2-6,9H2,1H3. The van der Waals surface area contributed by atoms with Crippen molar-refractivity contribution in [2.24, 2.45) is 5.92 Å². The number of aromatic hydroxyl groups is 1. The molecule has 0 amide bonds. The molecule has 1 fully saturated rings. The Balaban J connectivity index is 2.03. The predicted molar refractivity (Wildman–Crippen MR) is 64.9 cm³/mol. The molecule has 16 heavy (non-hydrogen) atoms. The molecule has 1 aliphatic carbocycles. The molecule has 0 saturated heterocycles. The minimum atomic E-state index is 0.231. The van der Waals surface area contributed by atoms with Crippen molar-refractivity contribution >= 4 is 0 Å². The third-order valence-electron chi connectivity index (χ3n) is 3.49. The number of phenols is 1. The summed E-state index contributed by atoms with van der Waals surface area (Å²) in [5.41, 5.74) is 1.28. The Morgan fingerprint density at radius 3 is 2.69 bits per heavy atom. The van der Waals surface area contributed by atoms with Crippen molar-refractivity contribution in [3.05, 3.63) is 23.8 Å². The van der Waals surface area contributed by atoms with Gasteiger partial charge >= 0.3 is 0 Å². The Hall–Kier alpha value is -1.18. The summed E-state index contributed by atoms with van der Waals surface area (Å²) in [6.07, 6.45) is 7.97. The number of phenolic OH excluding ortho intramolecular Hbond substituents is 1. The summed E-state index contributed by atoms with van der Waals surface area (Å²) in [6, 6.07) is 5.70. The molecule has 0 bridgehead atoms. The van der Waals surface area contributed by atoms with Gasteiger partial charge in [-0.1, -0.05) is 38.2 Å². The molecular weight excluding hydrogens is 200 g/mol. The van der Waals surface area contributed by atoms with Crippen molar-refractivity contribution in [2.75, 3.05) is 7.11 Å². The summed E-state index contributed by atoms with van der Waals surface area (Å²) in [7, 11) is 1.60. The Morgan fingerprint density at radius 1 is 1.25 bits per heavy atom. The average molecular weight is 220 g/mol. The van der Waals surface area contributed by atoms with Gasteiger partial charge in [0.1, 0.15) is 0 Å². The van der Waals surface area contributed by atoms with Gasteiger partial charge < -0.3 is 9.84 Å². The highest BCUT2D eigenvalue weighted by molar-refractivity contribution is 5.41. The second-order valence-electron chi connectivity index (χ2n) is 4.71. The van der Waals surface area contributed by atoms with E-state index in [2.05, 4.69) is 0 Å². The largest absolute Gasteiger partial charge is 0.504 e. The van der Waals surface area contributed by atoms with Crippen molar-refractivity contribution in [1.82, 2.24) is 0 Å². The second-order valence-corrected chi connectivity index (χ2v) is 4.71. The van der Waals surface area contributed by atoms with Crippen LogP contribution in [0.25, 0.3) is 0 Å². The number of benzene rings is 1. The number of methoxy groups -OCH3 is 1. The van der Waals surface area contributed by atoms with Crippen LogP contribution in [0.1, 0.15) is 37.7 Å². The molecule has 2 rings (SSSR count). The molecule has 2 nitrogen and oxygen atoms in total. The number of rotatable bonds is 3. The van der Waals surface area contributed by atoms with E-state index in [-0.39, 0.29) is 5.75 Å². The lowest BCUT2D eigenvalue weighted by Crippen LogP contribution is -2.09. The topological polar surface area (TPSA) is 29.5 Å². The van der Waals surface area contributed by atoms with E-state index in [4.69, 9.17) is 4.74 Å². The lowest BCUT2D eigenvalue weighted by Gasteiger charge is -2.21. The Bertz CT molecular complexity index is 341. The maximum Gasteiger partial charge on any atom is 0.160 e. The van der Waals surface area contributed by atoms with Gasteiger partial charge in [0.25, 0.3) is 0 Å². The molecular formula is C14H20O2. The molecule has 1 N–H and O–H groups in total. The minimum Gasteiger partial charge on any atom is -0.504 e.